The highest BCUT2D eigenvalue weighted by Crippen LogP contribution is 2.25. The van der Waals surface area contributed by atoms with E-state index in [0.717, 1.165) is 65.9 Å². The zero-order chi connectivity index (χ0) is 30.3. The molecule has 0 N–H and O–H groups in total. The summed E-state index contributed by atoms with van der Waals surface area (Å²) in [5.74, 6) is 1.12. The zero-order valence-electron chi connectivity index (χ0n) is 25.1. The third kappa shape index (κ3) is 9.74. The monoisotopic (exact) mass is 580 g/mol. The molecule has 6 heteroatoms. The third-order valence-corrected chi connectivity index (χ3v) is 6.99. The number of esters is 2. The molecule has 0 atom stereocenters. The number of benzene rings is 4. The molecule has 224 valence electrons. The molecule has 0 aromatic heterocycles. The van der Waals surface area contributed by atoms with Crippen LogP contribution in [0.5, 0.6) is 11.5 Å². The highest BCUT2D eigenvalue weighted by atomic mass is 16.5. The van der Waals surface area contributed by atoms with Crippen LogP contribution < -0.4 is 9.47 Å². The summed E-state index contributed by atoms with van der Waals surface area (Å²) in [5.41, 5.74) is 5.34. The first-order valence-electron chi connectivity index (χ1n) is 15.1. The summed E-state index contributed by atoms with van der Waals surface area (Å²) in [4.78, 5) is 23.7. The van der Waals surface area contributed by atoms with Crippen LogP contribution in [0.4, 0.5) is 0 Å². The van der Waals surface area contributed by atoms with Gasteiger partial charge in [0, 0.05) is 0 Å². The summed E-state index contributed by atoms with van der Waals surface area (Å²) in [6, 6.07) is 31.0. The van der Waals surface area contributed by atoms with Crippen molar-refractivity contribution < 1.29 is 28.5 Å². The number of hydrogen-bond acceptors (Lipinski definition) is 6. The van der Waals surface area contributed by atoms with Crippen LogP contribution >= 0.6 is 0 Å². The molecule has 4 aromatic rings. The van der Waals surface area contributed by atoms with Gasteiger partial charge >= 0.3 is 11.9 Å². The maximum absolute atomic E-state index is 11.8. The molecule has 0 aliphatic rings. The van der Waals surface area contributed by atoms with E-state index < -0.39 is 0 Å². The average Bonchev–Trinajstić information content (AvgIpc) is 3.05. The minimum Gasteiger partial charge on any atom is -0.494 e. The van der Waals surface area contributed by atoms with E-state index in [-0.39, 0.29) is 11.9 Å². The van der Waals surface area contributed by atoms with E-state index in [2.05, 4.69) is 0 Å². The van der Waals surface area contributed by atoms with E-state index in [1.54, 1.807) is 38.1 Å². The van der Waals surface area contributed by atoms with Gasteiger partial charge in [0.25, 0.3) is 0 Å². The van der Waals surface area contributed by atoms with Gasteiger partial charge in [-0.25, -0.2) is 9.59 Å². The number of unbranched alkanes of at least 4 members (excludes halogenated alkanes) is 4. The van der Waals surface area contributed by atoms with Crippen molar-refractivity contribution in [3.05, 3.63) is 108 Å². The molecule has 0 amide bonds. The zero-order valence-corrected chi connectivity index (χ0v) is 25.1. The molecule has 0 bridgehead atoms. The first-order valence-corrected chi connectivity index (χ1v) is 15.1. The lowest BCUT2D eigenvalue weighted by atomic mass is 10.0. The topological polar surface area (TPSA) is 71.1 Å². The van der Waals surface area contributed by atoms with Gasteiger partial charge in [0.05, 0.1) is 37.6 Å². The SMILES string of the molecule is CCOC(=O)c1ccc(-c2ccc(OCCCCCCCOc3ccc(-c4ccc(C(=O)OCC)cc4)cc3)cc2)cc1. The van der Waals surface area contributed by atoms with Gasteiger partial charge in [0.1, 0.15) is 11.5 Å². The lowest BCUT2D eigenvalue weighted by Gasteiger charge is -2.09. The fraction of sp³-hybridized carbons (Fsp3) is 0.297. The Morgan fingerprint density at radius 3 is 1.07 bits per heavy atom. The van der Waals surface area contributed by atoms with Crippen molar-refractivity contribution in [2.24, 2.45) is 0 Å². The molecule has 0 fully saturated rings. The molecule has 4 rings (SSSR count). The number of rotatable bonds is 16. The fourth-order valence-electron chi connectivity index (χ4n) is 4.63. The summed E-state index contributed by atoms with van der Waals surface area (Å²) < 4.78 is 21.9. The molecule has 0 aliphatic carbocycles. The lowest BCUT2D eigenvalue weighted by molar-refractivity contribution is 0.0517. The molecule has 0 heterocycles. The Hall–Kier alpha value is -4.58. The Kier molecular flexibility index (Phi) is 12.2. The predicted molar refractivity (Wildman–Crippen MR) is 170 cm³/mol. The first kappa shape index (κ1) is 31.4. The number of hydrogen-bond donors (Lipinski definition) is 0. The van der Waals surface area contributed by atoms with Crippen molar-refractivity contribution in [2.45, 2.75) is 46.0 Å². The molecule has 0 aliphatic heterocycles. The van der Waals surface area contributed by atoms with Gasteiger partial charge in [-0.1, -0.05) is 67.8 Å². The Balaban J connectivity index is 1.07. The van der Waals surface area contributed by atoms with Crippen molar-refractivity contribution >= 4 is 11.9 Å². The molecule has 6 nitrogen and oxygen atoms in total. The molecule has 4 aromatic carbocycles. The summed E-state index contributed by atoms with van der Waals surface area (Å²) in [6.45, 7) is 5.73. The summed E-state index contributed by atoms with van der Waals surface area (Å²) in [5, 5.41) is 0. The van der Waals surface area contributed by atoms with Crippen molar-refractivity contribution in [3.8, 4) is 33.8 Å². The standard InChI is InChI=1S/C37H40O6/c1-3-40-36(38)32-14-10-28(11-15-32)30-18-22-34(23-19-30)42-26-8-6-5-7-9-27-43-35-24-20-31(21-25-35)29-12-16-33(17-13-29)37(39)41-4-2/h10-25H,3-9,26-27H2,1-2H3. The second-order valence-corrected chi connectivity index (χ2v) is 10.1. The van der Waals surface area contributed by atoms with Crippen LogP contribution in [-0.4, -0.2) is 38.4 Å². The van der Waals surface area contributed by atoms with Crippen LogP contribution in [0.3, 0.4) is 0 Å². The molecule has 0 unspecified atom stereocenters. The van der Waals surface area contributed by atoms with Gasteiger partial charge in [-0.15, -0.1) is 0 Å². The van der Waals surface area contributed by atoms with E-state index in [9.17, 15) is 9.59 Å². The van der Waals surface area contributed by atoms with E-state index in [1.807, 2.05) is 72.8 Å². The first-order chi connectivity index (χ1) is 21.1. The van der Waals surface area contributed by atoms with Crippen LogP contribution in [0.25, 0.3) is 22.3 Å². The molecule has 0 saturated carbocycles. The van der Waals surface area contributed by atoms with Crippen LogP contribution in [0.2, 0.25) is 0 Å². The van der Waals surface area contributed by atoms with Gasteiger partial charge in [-0.2, -0.15) is 0 Å². The minimum absolute atomic E-state index is 0.299. The van der Waals surface area contributed by atoms with Gasteiger partial charge in [0.15, 0.2) is 0 Å². The van der Waals surface area contributed by atoms with E-state index >= 15 is 0 Å². The van der Waals surface area contributed by atoms with Crippen molar-refractivity contribution in [2.75, 3.05) is 26.4 Å². The van der Waals surface area contributed by atoms with Crippen molar-refractivity contribution in [3.63, 3.8) is 0 Å². The van der Waals surface area contributed by atoms with Gasteiger partial charge in [-0.3, -0.25) is 0 Å². The predicted octanol–water partition coefficient (Wildman–Crippen LogP) is 8.78. The Morgan fingerprint density at radius 2 is 0.744 bits per heavy atom. The minimum atomic E-state index is -0.299. The summed E-state index contributed by atoms with van der Waals surface area (Å²) in [6.07, 6.45) is 5.41. The van der Waals surface area contributed by atoms with E-state index in [4.69, 9.17) is 18.9 Å². The maximum atomic E-state index is 11.8. The molecule has 0 spiro atoms. The van der Waals surface area contributed by atoms with Crippen LogP contribution in [0, 0.1) is 0 Å². The highest BCUT2D eigenvalue weighted by molar-refractivity contribution is 5.90. The number of carbonyl (C=O) groups excluding carboxylic acids is 2. The highest BCUT2D eigenvalue weighted by Gasteiger charge is 2.08. The molecular weight excluding hydrogens is 540 g/mol. The summed E-state index contributed by atoms with van der Waals surface area (Å²) in [7, 11) is 0. The van der Waals surface area contributed by atoms with E-state index in [1.165, 1.54) is 0 Å². The fourth-order valence-corrected chi connectivity index (χ4v) is 4.63. The molecular formula is C37H40O6. The second-order valence-electron chi connectivity index (χ2n) is 10.1. The maximum Gasteiger partial charge on any atom is 0.338 e. The smallest absolute Gasteiger partial charge is 0.338 e. The van der Waals surface area contributed by atoms with Crippen LogP contribution in [0.1, 0.15) is 66.7 Å². The van der Waals surface area contributed by atoms with Crippen LogP contribution in [-0.2, 0) is 9.47 Å². The molecule has 0 saturated heterocycles. The largest absolute Gasteiger partial charge is 0.494 e. The number of carbonyl (C=O) groups is 2. The number of ether oxygens (including phenoxy) is 4. The third-order valence-electron chi connectivity index (χ3n) is 6.99. The van der Waals surface area contributed by atoms with E-state index in [0.29, 0.717) is 37.6 Å². The Morgan fingerprint density at radius 1 is 0.442 bits per heavy atom. The molecule has 0 radical (unpaired) electrons. The second kappa shape index (κ2) is 16.8. The van der Waals surface area contributed by atoms with Gasteiger partial charge < -0.3 is 18.9 Å². The Bertz CT molecular complexity index is 1300. The van der Waals surface area contributed by atoms with Crippen molar-refractivity contribution in [1.29, 1.82) is 0 Å². The summed E-state index contributed by atoms with van der Waals surface area (Å²) >= 11 is 0. The van der Waals surface area contributed by atoms with Gasteiger partial charge in [0.2, 0.25) is 0 Å². The quantitative estimate of drug-likeness (QED) is 0.0974. The lowest BCUT2D eigenvalue weighted by Crippen LogP contribution is -2.03. The van der Waals surface area contributed by atoms with Crippen molar-refractivity contribution in [1.82, 2.24) is 0 Å². The van der Waals surface area contributed by atoms with Gasteiger partial charge in [-0.05, 0) is 97.5 Å². The Labute approximate surface area is 254 Å². The normalized spacial score (nSPS) is 10.7. The van der Waals surface area contributed by atoms with Crippen LogP contribution in [0.15, 0.2) is 97.1 Å². The molecule has 43 heavy (non-hydrogen) atoms. The average molecular weight is 581 g/mol.